The van der Waals surface area contributed by atoms with Gasteiger partial charge in [-0.3, -0.25) is 14.6 Å². The number of carbonyl (C=O) groups excluding carboxylic acids is 2. The van der Waals surface area contributed by atoms with Gasteiger partial charge in [-0.05, 0) is 36.2 Å². The van der Waals surface area contributed by atoms with Crippen LogP contribution in [0.2, 0.25) is 0 Å². The maximum Gasteiger partial charge on any atom is 0.307 e. The summed E-state index contributed by atoms with van der Waals surface area (Å²) < 4.78 is 17.6. The SMILES string of the molecule is COC(=O)CCN(CCc1ccc(F)cc1)C(=O)c1ccncc1. The molecular weight excluding hydrogens is 311 g/mol. The fourth-order valence-electron chi connectivity index (χ4n) is 2.24. The number of hydrogen-bond acceptors (Lipinski definition) is 4. The van der Waals surface area contributed by atoms with Gasteiger partial charge < -0.3 is 9.64 Å². The first kappa shape index (κ1) is 17.6. The second-order valence-corrected chi connectivity index (χ2v) is 5.23. The molecular formula is C18H19FN2O3. The molecule has 2 rings (SSSR count). The zero-order valence-corrected chi connectivity index (χ0v) is 13.4. The van der Waals surface area contributed by atoms with E-state index >= 15 is 0 Å². The molecule has 6 heteroatoms. The average molecular weight is 330 g/mol. The van der Waals surface area contributed by atoms with Gasteiger partial charge in [-0.15, -0.1) is 0 Å². The van der Waals surface area contributed by atoms with Crippen molar-refractivity contribution < 1.29 is 18.7 Å². The van der Waals surface area contributed by atoms with E-state index in [1.807, 2.05) is 0 Å². The van der Waals surface area contributed by atoms with Crippen LogP contribution in [0.5, 0.6) is 0 Å². The Bertz CT molecular complexity index is 674. The molecule has 0 aliphatic heterocycles. The molecule has 0 aliphatic rings. The molecule has 0 saturated heterocycles. The first-order chi connectivity index (χ1) is 11.6. The van der Waals surface area contributed by atoms with Gasteiger partial charge in [-0.2, -0.15) is 0 Å². The Kier molecular flexibility index (Phi) is 6.42. The van der Waals surface area contributed by atoms with Gasteiger partial charge in [0, 0.05) is 31.0 Å². The number of halogens is 1. The number of methoxy groups -OCH3 is 1. The van der Waals surface area contributed by atoms with Crippen molar-refractivity contribution in [2.24, 2.45) is 0 Å². The largest absolute Gasteiger partial charge is 0.469 e. The van der Waals surface area contributed by atoms with Crippen molar-refractivity contribution in [3.05, 3.63) is 65.7 Å². The second-order valence-electron chi connectivity index (χ2n) is 5.23. The summed E-state index contributed by atoms with van der Waals surface area (Å²) >= 11 is 0. The quantitative estimate of drug-likeness (QED) is 0.732. The first-order valence-electron chi connectivity index (χ1n) is 7.60. The van der Waals surface area contributed by atoms with Gasteiger partial charge in [0.15, 0.2) is 0 Å². The van der Waals surface area contributed by atoms with Crippen LogP contribution in [0, 0.1) is 5.82 Å². The zero-order valence-electron chi connectivity index (χ0n) is 13.4. The van der Waals surface area contributed by atoms with E-state index in [4.69, 9.17) is 0 Å². The van der Waals surface area contributed by atoms with E-state index in [0.717, 1.165) is 5.56 Å². The number of nitrogens with zero attached hydrogens (tertiary/aromatic N) is 2. The van der Waals surface area contributed by atoms with E-state index in [0.29, 0.717) is 18.5 Å². The molecule has 1 amide bonds. The molecule has 1 heterocycles. The van der Waals surface area contributed by atoms with Gasteiger partial charge in [0.25, 0.3) is 5.91 Å². The van der Waals surface area contributed by atoms with Crippen LogP contribution < -0.4 is 0 Å². The maximum atomic E-state index is 13.0. The Labute approximate surface area is 140 Å². The molecule has 2 aromatic rings. The topological polar surface area (TPSA) is 59.5 Å². The third-order valence-corrected chi connectivity index (χ3v) is 3.61. The summed E-state index contributed by atoms with van der Waals surface area (Å²) in [5.74, 6) is -0.845. The number of hydrogen-bond donors (Lipinski definition) is 0. The van der Waals surface area contributed by atoms with Gasteiger partial charge >= 0.3 is 5.97 Å². The number of rotatable bonds is 7. The summed E-state index contributed by atoms with van der Waals surface area (Å²) in [5.41, 5.74) is 1.43. The molecule has 0 atom stereocenters. The summed E-state index contributed by atoms with van der Waals surface area (Å²) in [6, 6.07) is 9.41. The molecule has 126 valence electrons. The standard InChI is InChI=1S/C18H19FN2O3/c1-24-17(22)9-13-21(18(23)15-6-10-20-11-7-15)12-8-14-2-4-16(19)5-3-14/h2-7,10-11H,8-9,12-13H2,1H3. The predicted octanol–water partition coefficient (Wildman–Crippen LogP) is 2.47. The molecule has 5 nitrogen and oxygen atoms in total. The van der Waals surface area contributed by atoms with Crippen molar-refractivity contribution in [3.8, 4) is 0 Å². The van der Waals surface area contributed by atoms with Crippen molar-refractivity contribution >= 4 is 11.9 Å². The highest BCUT2D eigenvalue weighted by Crippen LogP contribution is 2.09. The molecule has 0 N–H and O–H groups in total. The minimum Gasteiger partial charge on any atom is -0.469 e. The second kappa shape index (κ2) is 8.76. The predicted molar refractivity (Wildman–Crippen MR) is 86.9 cm³/mol. The number of amides is 1. The highest BCUT2D eigenvalue weighted by molar-refractivity contribution is 5.94. The van der Waals surface area contributed by atoms with Gasteiger partial charge in [0.1, 0.15) is 5.82 Å². The van der Waals surface area contributed by atoms with Crippen LogP contribution in [0.3, 0.4) is 0 Å². The van der Waals surface area contributed by atoms with Gasteiger partial charge in [0.05, 0.1) is 13.5 Å². The van der Waals surface area contributed by atoms with E-state index in [-0.39, 0.29) is 30.7 Å². The van der Waals surface area contributed by atoms with E-state index < -0.39 is 0 Å². The zero-order chi connectivity index (χ0) is 17.4. The summed E-state index contributed by atoms with van der Waals surface area (Å²) in [6.07, 6.45) is 3.78. The molecule has 1 aromatic carbocycles. The lowest BCUT2D eigenvalue weighted by Gasteiger charge is -2.22. The van der Waals surface area contributed by atoms with Crippen LogP contribution in [0.15, 0.2) is 48.8 Å². The number of carbonyl (C=O) groups is 2. The number of esters is 1. The maximum absolute atomic E-state index is 13.0. The summed E-state index contributed by atoms with van der Waals surface area (Å²) in [6.45, 7) is 0.679. The lowest BCUT2D eigenvalue weighted by Crippen LogP contribution is -2.35. The van der Waals surface area contributed by atoms with Crippen molar-refractivity contribution in [3.63, 3.8) is 0 Å². The average Bonchev–Trinajstić information content (AvgIpc) is 2.63. The fourth-order valence-corrected chi connectivity index (χ4v) is 2.24. The van der Waals surface area contributed by atoms with E-state index in [1.165, 1.54) is 19.2 Å². The number of ether oxygens (including phenoxy) is 1. The first-order valence-corrected chi connectivity index (χ1v) is 7.60. The molecule has 1 aromatic heterocycles. The lowest BCUT2D eigenvalue weighted by molar-refractivity contribution is -0.140. The number of benzene rings is 1. The Morgan fingerprint density at radius 1 is 1.08 bits per heavy atom. The molecule has 0 aliphatic carbocycles. The van der Waals surface area contributed by atoms with E-state index in [9.17, 15) is 14.0 Å². The number of aromatic nitrogens is 1. The minimum absolute atomic E-state index is 0.122. The van der Waals surface area contributed by atoms with Crippen molar-refractivity contribution in [2.75, 3.05) is 20.2 Å². The van der Waals surface area contributed by atoms with Crippen LogP contribution in [0.4, 0.5) is 4.39 Å². The minimum atomic E-state index is -0.371. The molecule has 0 spiro atoms. The van der Waals surface area contributed by atoms with Crippen molar-refractivity contribution in [1.82, 2.24) is 9.88 Å². The third-order valence-electron chi connectivity index (χ3n) is 3.61. The Hall–Kier alpha value is -2.76. The van der Waals surface area contributed by atoms with Crippen molar-refractivity contribution in [2.45, 2.75) is 12.8 Å². The summed E-state index contributed by atoms with van der Waals surface area (Å²) in [4.78, 5) is 29.5. The molecule has 0 saturated carbocycles. The summed E-state index contributed by atoms with van der Waals surface area (Å²) in [5, 5.41) is 0. The third kappa shape index (κ3) is 5.15. The van der Waals surface area contributed by atoms with E-state index in [2.05, 4.69) is 9.72 Å². The van der Waals surface area contributed by atoms with Gasteiger partial charge in [0.2, 0.25) is 0 Å². The molecule has 0 fully saturated rings. The Morgan fingerprint density at radius 2 is 1.75 bits per heavy atom. The number of pyridine rings is 1. The highest BCUT2D eigenvalue weighted by Gasteiger charge is 2.17. The fraction of sp³-hybridized carbons (Fsp3) is 0.278. The molecule has 0 radical (unpaired) electrons. The van der Waals surface area contributed by atoms with Gasteiger partial charge in [-0.25, -0.2) is 4.39 Å². The Balaban J connectivity index is 2.05. The van der Waals surface area contributed by atoms with Crippen LogP contribution >= 0.6 is 0 Å². The molecule has 0 bridgehead atoms. The summed E-state index contributed by atoms with van der Waals surface area (Å²) in [7, 11) is 1.32. The molecule has 0 unspecified atom stereocenters. The lowest BCUT2D eigenvalue weighted by atomic mass is 10.1. The monoisotopic (exact) mass is 330 g/mol. The molecule has 24 heavy (non-hydrogen) atoms. The Morgan fingerprint density at radius 3 is 2.38 bits per heavy atom. The van der Waals surface area contributed by atoms with Gasteiger partial charge in [-0.1, -0.05) is 12.1 Å². The van der Waals surface area contributed by atoms with Crippen LogP contribution in [-0.2, 0) is 16.0 Å². The highest BCUT2D eigenvalue weighted by atomic mass is 19.1. The van der Waals surface area contributed by atoms with E-state index in [1.54, 1.807) is 41.6 Å². The van der Waals surface area contributed by atoms with Crippen LogP contribution in [-0.4, -0.2) is 42.0 Å². The van der Waals surface area contributed by atoms with Crippen LogP contribution in [0.1, 0.15) is 22.3 Å². The smallest absolute Gasteiger partial charge is 0.307 e. The van der Waals surface area contributed by atoms with Crippen LogP contribution in [0.25, 0.3) is 0 Å². The normalized spacial score (nSPS) is 10.2. The van der Waals surface area contributed by atoms with Crippen molar-refractivity contribution in [1.29, 1.82) is 0 Å².